The maximum atomic E-state index is 3.64. The first-order valence-corrected chi connectivity index (χ1v) is 3.10. The van der Waals surface area contributed by atoms with E-state index in [1.807, 2.05) is 6.08 Å². The molecular formula is C7H12N. The van der Waals surface area contributed by atoms with Gasteiger partial charge in [0, 0.05) is 6.54 Å². The topological polar surface area (TPSA) is 12.0 Å². The second-order valence-corrected chi connectivity index (χ2v) is 2.18. The van der Waals surface area contributed by atoms with Crippen molar-refractivity contribution in [2.75, 3.05) is 13.1 Å². The van der Waals surface area contributed by atoms with E-state index in [0.717, 1.165) is 12.5 Å². The quantitative estimate of drug-likeness (QED) is 0.530. The van der Waals surface area contributed by atoms with Crippen LogP contribution in [0.25, 0.3) is 0 Å². The molecule has 8 heavy (non-hydrogen) atoms. The van der Waals surface area contributed by atoms with Crippen LogP contribution in [0.4, 0.5) is 0 Å². The standard InChI is InChI=1S/C7H12N/c1-2-3-7-4-5-8-6-7/h2-3,7-8H,1,4-6H2. The van der Waals surface area contributed by atoms with Gasteiger partial charge in [0.2, 0.25) is 0 Å². The normalized spacial score (nSPS) is 29.9. The van der Waals surface area contributed by atoms with E-state index in [1.54, 1.807) is 0 Å². The van der Waals surface area contributed by atoms with E-state index < -0.39 is 0 Å². The molecule has 45 valence electrons. The predicted molar refractivity (Wildman–Crippen MR) is 35.5 cm³/mol. The molecule has 1 aliphatic heterocycles. The molecule has 1 aliphatic rings. The third-order valence-corrected chi connectivity index (χ3v) is 1.51. The molecule has 1 nitrogen and oxygen atoms in total. The maximum Gasteiger partial charge on any atom is 0.00146 e. The summed E-state index contributed by atoms with van der Waals surface area (Å²) in [5, 5.41) is 3.28. The summed E-state index contributed by atoms with van der Waals surface area (Å²) in [4.78, 5) is 0. The first-order chi connectivity index (χ1) is 3.93. The van der Waals surface area contributed by atoms with Crippen LogP contribution in [-0.2, 0) is 0 Å². The fourth-order valence-corrected chi connectivity index (χ4v) is 1.03. The van der Waals surface area contributed by atoms with Crippen molar-refractivity contribution in [3.05, 3.63) is 19.1 Å². The van der Waals surface area contributed by atoms with Gasteiger partial charge in [0.05, 0.1) is 0 Å². The Kier molecular flexibility index (Phi) is 2.10. The van der Waals surface area contributed by atoms with Crippen molar-refractivity contribution in [2.45, 2.75) is 6.42 Å². The Hall–Kier alpha value is -0.300. The number of rotatable bonds is 1. The molecule has 1 heteroatoms. The lowest BCUT2D eigenvalue weighted by molar-refractivity contribution is 0.728. The summed E-state index contributed by atoms with van der Waals surface area (Å²) >= 11 is 0. The average Bonchev–Trinajstić information content (AvgIpc) is 2.19. The van der Waals surface area contributed by atoms with Crippen LogP contribution < -0.4 is 5.32 Å². The lowest BCUT2D eigenvalue weighted by Gasteiger charge is -1.95. The van der Waals surface area contributed by atoms with Gasteiger partial charge in [0.25, 0.3) is 0 Å². The minimum absolute atomic E-state index is 0.757. The predicted octanol–water partition coefficient (Wildman–Crippen LogP) is 0.986. The molecule has 0 saturated carbocycles. The minimum Gasteiger partial charge on any atom is -0.316 e. The van der Waals surface area contributed by atoms with Crippen LogP contribution in [0.1, 0.15) is 6.42 Å². The summed E-state index contributed by atoms with van der Waals surface area (Å²) in [6, 6.07) is 0. The first-order valence-electron chi connectivity index (χ1n) is 3.10. The smallest absolute Gasteiger partial charge is 0.00146 e. The van der Waals surface area contributed by atoms with Crippen LogP contribution in [0.2, 0.25) is 0 Å². The van der Waals surface area contributed by atoms with Gasteiger partial charge >= 0.3 is 0 Å². The summed E-state index contributed by atoms with van der Waals surface area (Å²) in [5.74, 6) is 0.757. The zero-order valence-corrected chi connectivity index (χ0v) is 5.06. The fourth-order valence-electron chi connectivity index (χ4n) is 1.03. The average molecular weight is 110 g/mol. The van der Waals surface area contributed by atoms with Gasteiger partial charge in [-0.1, -0.05) is 12.2 Å². The van der Waals surface area contributed by atoms with Crippen LogP contribution in [0, 0.1) is 12.8 Å². The number of nitrogens with one attached hydrogen (secondary N) is 1. The second kappa shape index (κ2) is 2.88. The van der Waals surface area contributed by atoms with Gasteiger partial charge in [-0.05, 0) is 25.8 Å². The minimum atomic E-state index is 0.757. The molecular weight excluding hydrogens is 98.1 g/mol. The summed E-state index contributed by atoms with van der Waals surface area (Å²) < 4.78 is 0. The lowest BCUT2D eigenvalue weighted by atomic mass is 10.1. The molecule has 1 unspecified atom stereocenters. The van der Waals surface area contributed by atoms with Crippen molar-refractivity contribution in [1.29, 1.82) is 0 Å². The van der Waals surface area contributed by atoms with E-state index in [0.29, 0.717) is 0 Å². The highest BCUT2D eigenvalue weighted by molar-refractivity contribution is 4.93. The Morgan fingerprint density at radius 2 is 2.50 bits per heavy atom. The fraction of sp³-hybridized carbons (Fsp3) is 0.571. The van der Waals surface area contributed by atoms with Crippen LogP contribution in [-0.4, -0.2) is 13.1 Å². The molecule has 1 rings (SSSR count). The number of allylic oxidation sites excluding steroid dienone is 1. The Morgan fingerprint density at radius 3 is 3.00 bits per heavy atom. The van der Waals surface area contributed by atoms with E-state index in [4.69, 9.17) is 0 Å². The third kappa shape index (κ3) is 1.34. The largest absolute Gasteiger partial charge is 0.316 e. The molecule has 0 bridgehead atoms. The molecule has 0 amide bonds. The molecule has 1 N–H and O–H groups in total. The van der Waals surface area contributed by atoms with Gasteiger partial charge in [0.1, 0.15) is 0 Å². The molecule has 0 aromatic heterocycles. The van der Waals surface area contributed by atoms with Gasteiger partial charge in [-0.15, -0.1) is 0 Å². The third-order valence-electron chi connectivity index (χ3n) is 1.51. The molecule has 1 saturated heterocycles. The van der Waals surface area contributed by atoms with Crippen molar-refractivity contribution >= 4 is 0 Å². The maximum absolute atomic E-state index is 3.64. The molecule has 1 atom stereocenters. The van der Waals surface area contributed by atoms with E-state index in [-0.39, 0.29) is 0 Å². The Balaban J connectivity index is 2.24. The highest BCUT2D eigenvalue weighted by Crippen LogP contribution is 2.07. The molecule has 0 spiro atoms. The van der Waals surface area contributed by atoms with Gasteiger partial charge in [-0.2, -0.15) is 0 Å². The van der Waals surface area contributed by atoms with E-state index in [2.05, 4.69) is 18.3 Å². The highest BCUT2D eigenvalue weighted by atomic mass is 14.9. The lowest BCUT2D eigenvalue weighted by Crippen LogP contribution is -2.07. The van der Waals surface area contributed by atoms with Crippen molar-refractivity contribution in [1.82, 2.24) is 5.32 Å². The van der Waals surface area contributed by atoms with Crippen LogP contribution in [0.3, 0.4) is 0 Å². The van der Waals surface area contributed by atoms with Crippen molar-refractivity contribution in [3.63, 3.8) is 0 Å². The van der Waals surface area contributed by atoms with Crippen molar-refractivity contribution in [2.24, 2.45) is 5.92 Å². The van der Waals surface area contributed by atoms with E-state index in [1.165, 1.54) is 13.0 Å². The summed E-state index contributed by atoms with van der Waals surface area (Å²) in [6.07, 6.45) is 5.34. The monoisotopic (exact) mass is 110 g/mol. The van der Waals surface area contributed by atoms with Crippen LogP contribution in [0.15, 0.2) is 12.2 Å². The second-order valence-electron chi connectivity index (χ2n) is 2.18. The zero-order chi connectivity index (χ0) is 5.82. The number of hydrogen-bond acceptors (Lipinski definition) is 1. The molecule has 0 aromatic carbocycles. The van der Waals surface area contributed by atoms with Gasteiger partial charge in [-0.3, -0.25) is 0 Å². The molecule has 1 heterocycles. The van der Waals surface area contributed by atoms with Crippen LogP contribution >= 0.6 is 0 Å². The molecule has 1 fully saturated rings. The highest BCUT2D eigenvalue weighted by Gasteiger charge is 2.08. The molecule has 0 aliphatic carbocycles. The van der Waals surface area contributed by atoms with Crippen molar-refractivity contribution < 1.29 is 0 Å². The zero-order valence-electron chi connectivity index (χ0n) is 5.06. The summed E-state index contributed by atoms with van der Waals surface area (Å²) in [5.41, 5.74) is 0. The van der Waals surface area contributed by atoms with E-state index in [9.17, 15) is 0 Å². The SMILES string of the molecule is [CH2]C=CC1CCNC1. The van der Waals surface area contributed by atoms with Crippen molar-refractivity contribution in [3.8, 4) is 0 Å². The summed E-state index contributed by atoms with van der Waals surface area (Å²) in [7, 11) is 0. The van der Waals surface area contributed by atoms with Crippen LogP contribution in [0.5, 0.6) is 0 Å². The van der Waals surface area contributed by atoms with Gasteiger partial charge < -0.3 is 5.32 Å². The molecule has 0 aromatic rings. The Morgan fingerprint density at radius 1 is 1.62 bits per heavy atom. The number of hydrogen-bond donors (Lipinski definition) is 1. The van der Waals surface area contributed by atoms with Gasteiger partial charge in [-0.25, -0.2) is 0 Å². The van der Waals surface area contributed by atoms with Gasteiger partial charge in [0.15, 0.2) is 0 Å². The first kappa shape index (κ1) is 5.83. The van der Waals surface area contributed by atoms with E-state index >= 15 is 0 Å². The molecule has 1 radical (unpaired) electrons. The summed E-state index contributed by atoms with van der Waals surface area (Å²) in [6.45, 7) is 5.96. The Bertz CT molecular complexity index is 80.4. The Labute approximate surface area is 50.8 Å².